The molecule has 0 bridgehead atoms. The van der Waals surface area contributed by atoms with Crippen LogP contribution < -0.4 is 14.8 Å². The summed E-state index contributed by atoms with van der Waals surface area (Å²) in [5.74, 6) is 1.80. The molecule has 3 aliphatic heterocycles. The lowest BCUT2D eigenvalue weighted by molar-refractivity contribution is -0.136. The number of imide groups is 1. The largest absolute Gasteiger partial charge is 0.454 e. The zero-order chi connectivity index (χ0) is 20.7. The highest BCUT2D eigenvalue weighted by Crippen LogP contribution is 2.38. The van der Waals surface area contributed by atoms with Gasteiger partial charge in [-0.2, -0.15) is 0 Å². The van der Waals surface area contributed by atoms with Gasteiger partial charge in [0.15, 0.2) is 11.5 Å². The molecule has 2 saturated heterocycles. The number of nitrogens with zero attached hydrogens (tertiary/aromatic N) is 3. The van der Waals surface area contributed by atoms with Crippen molar-refractivity contribution in [3.8, 4) is 11.5 Å². The van der Waals surface area contributed by atoms with Gasteiger partial charge in [0.05, 0.1) is 6.67 Å². The Bertz CT molecular complexity index is 838. The van der Waals surface area contributed by atoms with Crippen LogP contribution in [-0.2, 0) is 11.3 Å². The Kier molecular flexibility index (Phi) is 5.06. The van der Waals surface area contributed by atoms with Crippen molar-refractivity contribution < 1.29 is 19.1 Å². The molecule has 30 heavy (non-hydrogen) atoms. The van der Waals surface area contributed by atoms with Crippen molar-refractivity contribution >= 4 is 11.9 Å². The summed E-state index contributed by atoms with van der Waals surface area (Å²) < 4.78 is 10.8. The average Bonchev–Trinajstić information content (AvgIpc) is 3.30. The number of benzene rings is 1. The fourth-order valence-electron chi connectivity index (χ4n) is 5.21. The first kappa shape index (κ1) is 19.6. The van der Waals surface area contributed by atoms with Crippen LogP contribution in [0.15, 0.2) is 18.2 Å². The molecule has 1 spiro atoms. The first-order valence-corrected chi connectivity index (χ1v) is 11.0. The third-order valence-electron chi connectivity index (χ3n) is 7.15. The quantitative estimate of drug-likeness (QED) is 0.760. The van der Waals surface area contributed by atoms with Gasteiger partial charge < -0.3 is 14.8 Å². The van der Waals surface area contributed by atoms with Crippen LogP contribution in [0.5, 0.6) is 11.5 Å². The molecule has 3 amide bonds. The van der Waals surface area contributed by atoms with E-state index in [-0.39, 0.29) is 17.9 Å². The minimum atomic E-state index is -0.670. The molecule has 0 radical (unpaired) electrons. The summed E-state index contributed by atoms with van der Waals surface area (Å²) in [5.41, 5.74) is 0.534. The van der Waals surface area contributed by atoms with E-state index in [0.29, 0.717) is 13.5 Å². The second-order valence-electron chi connectivity index (χ2n) is 9.00. The maximum absolute atomic E-state index is 13.2. The molecule has 1 N–H and O–H groups in total. The number of amides is 3. The molecule has 3 heterocycles. The summed E-state index contributed by atoms with van der Waals surface area (Å²) in [6.07, 6.45) is 3.90. The minimum Gasteiger partial charge on any atom is -0.454 e. The maximum atomic E-state index is 13.2. The van der Waals surface area contributed by atoms with E-state index in [2.05, 4.69) is 28.1 Å². The molecule has 1 saturated carbocycles. The second-order valence-corrected chi connectivity index (χ2v) is 9.00. The Morgan fingerprint density at radius 2 is 1.83 bits per heavy atom. The molecule has 1 aliphatic carbocycles. The van der Waals surface area contributed by atoms with Gasteiger partial charge in [0.2, 0.25) is 6.79 Å². The Labute approximate surface area is 177 Å². The van der Waals surface area contributed by atoms with E-state index in [4.69, 9.17) is 9.47 Å². The van der Waals surface area contributed by atoms with Crippen LogP contribution in [0.2, 0.25) is 0 Å². The van der Waals surface area contributed by atoms with Crippen molar-refractivity contribution in [3.63, 3.8) is 0 Å². The van der Waals surface area contributed by atoms with Crippen LogP contribution in [0.4, 0.5) is 4.79 Å². The van der Waals surface area contributed by atoms with E-state index in [0.717, 1.165) is 69.9 Å². The first-order valence-electron chi connectivity index (χ1n) is 11.0. The number of nitrogens with one attached hydrogen (secondary N) is 1. The van der Waals surface area contributed by atoms with E-state index in [9.17, 15) is 9.59 Å². The van der Waals surface area contributed by atoms with Crippen LogP contribution in [0.3, 0.4) is 0 Å². The Hall–Kier alpha value is -2.32. The van der Waals surface area contributed by atoms with Crippen LogP contribution in [0.1, 0.15) is 38.2 Å². The molecular weight excluding hydrogens is 384 g/mol. The normalized spacial score (nSPS) is 29.6. The Balaban J connectivity index is 1.15. The number of hydrogen-bond donors (Lipinski definition) is 1. The molecule has 4 aliphatic rings. The van der Waals surface area contributed by atoms with Crippen molar-refractivity contribution in [2.45, 2.75) is 44.7 Å². The number of urea groups is 1. The van der Waals surface area contributed by atoms with E-state index < -0.39 is 5.54 Å². The van der Waals surface area contributed by atoms with Crippen LogP contribution >= 0.6 is 0 Å². The van der Waals surface area contributed by atoms with Gasteiger partial charge in [-0.1, -0.05) is 25.8 Å². The second kappa shape index (κ2) is 7.74. The lowest BCUT2D eigenvalue weighted by Gasteiger charge is -2.38. The molecule has 1 aromatic rings. The Morgan fingerprint density at radius 3 is 2.63 bits per heavy atom. The predicted octanol–water partition coefficient (Wildman–Crippen LogP) is 1.99. The molecule has 8 nitrogen and oxygen atoms in total. The molecular formula is C22H30N4O4. The molecule has 0 unspecified atom stereocenters. The summed E-state index contributed by atoms with van der Waals surface area (Å²) in [7, 11) is 0. The first-order chi connectivity index (χ1) is 14.5. The average molecular weight is 415 g/mol. The van der Waals surface area contributed by atoms with Gasteiger partial charge in [0.1, 0.15) is 5.54 Å². The molecule has 162 valence electrons. The van der Waals surface area contributed by atoms with Gasteiger partial charge in [-0.3, -0.25) is 14.6 Å². The monoisotopic (exact) mass is 414 g/mol. The third kappa shape index (κ3) is 3.41. The van der Waals surface area contributed by atoms with Gasteiger partial charge in [-0.15, -0.1) is 0 Å². The number of carbonyl (C=O) groups excluding carboxylic acids is 2. The summed E-state index contributed by atoms with van der Waals surface area (Å²) in [4.78, 5) is 31.8. The topological polar surface area (TPSA) is 74.4 Å². The highest BCUT2D eigenvalue weighted by atomic mass is 16.7. The summed E-state index contributed by atoms with van der Waals surface area (Å²) in [6, 6.07) is 5.87. The smallest absolute Gasteiger partial charge is 0.326 e. The summed E-state index contributed by atoms with van der Waals surface area (Å²) in [5, 5.41) is 3.05. The molecule has 5 rings (SSSR count). The highest BCUT2D eigenvalue weighted by Gasteiger charge is 2.55. The molecule has 1 aromatic carbocycles. The lowest BCUT2D eigenvalue weighted by atomic mass is 9.73. The van der Waals surface area contributed by atoms with Gasteiger partial charge in [-0.05, 0) is 36.5 Å². The number of rotatable bonds is 4. The molecule has 3 fully saturated rings. The number of ether oxygens (including phenoxy) is 2. The molecule has 2 atom stereocenters. The van der Waals surface area contributed by atoms with Crippen LogP contribution in [0, 0.1) is 5.92 Å². The van der Waals surface area contributed by atoms with Crippen molar-refractivity contribution in [3.05, 3.63) is 23.8 Å². The molecule has 8 heteroatoms. The van der Waals surface area contributed by atoms with Gasteiger partial charge >= 0.3 is 6.03 Å². The maximum Gasteiger partial charge on any atom is 0.326 e. The molecule has 0 aromatic heterocycles. The number of piperazine rings is 1. The van der Waals surface area contributed by atoms with E-state index >= 15 is 0 Å². The zero-order valence-electron chi connectivity index (χ0n) is 17.6. The Morgan fingerprint density at radius 1 is 1.07 bits per heavy atom. The van der Waals surface area contributed by atoms with Crippen LogP contribution in [-0.4, -0.2) is 71.8 Å². The zero-order valence-corrected chi connectivity index (χ0v) is 17.6. The van der Waals surface area contributed by atoms with Crippen molar-refractivity contribution in [2.75, 3.05) is 39.6 Å². The number of carbonyl (C=O) groups is 2. The van der Waals surface area contributed by atoms with E-state index in [1.807, 2.05) is 12.1 Å². The summed E-state index contributed by atoms with van der Waals surface area (Å²) in [6.45, 7) is 7.11. The summed E-state index contributed by atoms with van der Waals surface area (Å²) >= 11 is 0. The lowest BCUT2D eigenvalue weighted by Crippen LogP contribution is -2.55. The predicted molar refractivity (Wildman–Crippen MR) is 110 cm³/mol. The van der Waals surface area contributed by atoms with Gasteiger partial charge in [0, 0.05) is 32.7 Å². The standard InChI is InChI=1S/C22H30N4O4/c1-16-4-2-3-7-22(16)20(27)26(21(28)23-22)14-25-10-8-24(9-11-25)13-17-5-6-18-19(12-17)30-15-29-18/h5-6,12,16H,2-4,7-11,13-15H2,1H3,(H,23,28)/t16-,22-/m1/s1. The van der Waals surface area contributed by atoms with Crippen molar-refractivity contribution in [1.82, 2.24) is 20.0 Å². The van der Waals surface area contributed by atoms with Crippen molar-refractivity contribution in [1.29, 1.82) is 0 Å². The van der Waals surface area contributed by atoms with Gasteiger partial charge in [0.25, 0.3) is 5.91 Å². The van der Waals surface area contributed by atoms with E-state index in [1.165, 1.54) is 10.5 Å². The number of fused-ring (bicyclic) bond motifs is 1. The number of hydrogen-bond acceptors (Lipinski definition) is 6. The highest BCUT2D eigenvalue weighted by molar-refractivity contribution is 6.07. The fourth-order valence-corrected chi connectivity index (χ4v) is 5.21. The fraction of sp³-hybridized carbons (Fsp3) is 0.636. The third-order valence-corrected chi connectivity index (χ3v) is 7.15. The van der Waals surface area contributed by atoms with Crippen molar-refractivity contribution in [2.24, 2.45) is 5.92 Å². The SMILES string of the molecule is C[C@@H]1CCCC[C@@]12NC(=O)N(CN1CCN(Cc3ccc4c(c3)OCO4)CC1)C2=O. The van der Waals surface area contributed by atoms with Gasteiger partial charge in [-0.25, -0.2) is 9.69 Å². The minimum absolute atomic E-state index is 0.0255. The van der Waals surface area contributed by atoms with Crippen LogP contribution in [0.25, 0.3) is 0 Å². The van der Waals surface area contributed by atoms with E-state index in [1.54, 1.807) is 0 Å².